The lowest BCUT2D eigenvalue weighted by atomic mass is 10.0. The maximum absolute atomic E-state index is 12.4. The molecule has 0 atom stereocenters. The van der Waals surface area contributed by atoms with Gasteiger partial charge in [0, 0.05) is 25.8 Å². The van der Waals surface area contributed by atoms with Crippen molar-refractivity contribution in [2.75, 3.05) is 13.1 Å². The van der Waals surface area contributed by atoms with E-state index in [2.05, 4.69) is 53.0 Å². The van der Waals surface area contributed by atoms with Gasteiger partial charge in [-0.3, -0.25) is 19.7 Å². The Morgan fingerprint density at radius 1 is 1.06 bits per heavy atom. The SMILES string of the molecule is CC(C)c1ccc(-n2c(O)c(C=NC3CCN(Cc4ccccc4)CC3)c(=O)[nH]c2=O)cc1. The Balaban J connectivity index is 1.49. The van der Waals surface area contributed by atoms with Crippen LogP contribution in [0.2, 0.25) is 0 Å². The summed E-state index contributed by atoms with van der Waals surface area (Å²) in [7, 11) is 0. The zero-order valence-corrected chi connectivity index (χ0v) is 19.1. The molecule has 0 bridgehead atoms. The number of nitrogens with zero attached hydrogens (tertiary/aromatic N) is 3. The smallest absolute Gasteiger partial charge is 0.335 e. The van der Waals surface area contributed by atoms with E-state index in [9.17, 15) is 14.7 Å². The molecule has 1 aromatic heterocycles. The molecule has 1 aliphatic rings. The molecule has 1 aliphatic heterocycles. The van der Waals surface area contributed by atoms with E-state index in [-0.39, 0.29) is 11.6 Å². The molecular formula is C26H30N4O3. The van der Waals surface area contributed by atoms with Gasteiger partial charge in [0.2, 0.25) is 5.88 Å². The number of nitrogens with one attached hydrogen (secondary N) is 1. The molecule has 1 saturated heterocycles. The topological polar surface area (TPSA) is 90.7 Å². The molecule has 0 spiro atoms. The van der Waals surface area contributed by atoms with Crippen molar-refractivity contribution in [2.45, 2.75) is 45.2 Å². The van der Waals surface area contributed by atoms with Gasteiger partial charge < -0.3 is 5.11 Å². The first-order valence-electron chi connectivity index (χ1n) is 11.4. The summed E-state index contributed by atoms with van der Waals surface area (Å²) in [6.45, 7) is 6.92. The van der Waals surface area contributed by atoms with Gasteiger partial charge in [-0.25, -0.2) is 9.36 Å². The van der Waals surface area contributed by atoms with Gasteiger partial charge in [0.25, 0.3) is 5.56 Å². The van der Waals surface area contributed by atoms with Crippen LogP contribution in [0.3, 0.4) is 0 Å². The van der Waals surface area contributed by atoms with Crippen LogP contribution in [0.25, 0.3) is 5.69 Å². The number of hydrogen-bond acceptors (Lipinski definition) is 5. The molecule has 3 aromatic rings. The van der Waals surface area contributed by atoms with Crippen molar-refractivity contribution in [2.24, 2.45) is 4.99 Å². The van der Waals surface area contributed by atoms with E-state index in [4.69, 9.17) is 0 Å². The highest BCUT2D eigenvalue weighted by Gasteiger charge is 2.19. The lowest BCUT2D eigenvalue weighted by Gasteiger charge is -2.30. The maximum Gasteiger partial charge on any atom is 0.335 e. The number of benzene rings is 2. The zero-order chi connectivity index (χ0) is 23.4. The fraction of sp³-hybridized carbons (Fsp3) is 0.346. The molecule has 172 valence electrons. The lowest BCUT2D eigenvalue weighted by molar-refractivity contribution is 0.206. The first kappa shape index (κ1) is 22.7. The third-order valence-electron chi connectivity index (χ3n) is 6.16. The fourth-order valence-corrected chi connectivity index (χ4v) is 4.15. The normalized spacial score (nSPS) is 15.5. The number of H-pyrrole nitrogens is 1. The number of aromatic amines is 1. The van der Waals surface area contributed by atoms with E-state index in [0.717, 1.165) is 42.6 Å². The molecule has 33 heavy (non-hydrogen) atoms. The minimum absolute atomic E-state index is 0.00532. The highest BCUT2D eigenvalue weighted by atomic mass is 16.3. The highest BCUT2D eigenvalue weighted by molar-refractivity contribution is 5.82. The van der Waals surface area contributed by atoms with E-state index in [1.807, 2.05) is 18.2 Å². The van der Waals surface area contributed by atoms with Gasteiger partial charge in [-0.05, 0) is 42.0 Å². The minimum atomic E-state index is -0.679. The third-order valence-corrected chi connectivity index (χ3v) is 6.16. The molecule has 2 aromatic carbocycles. The first-order chi connectivity index (χ1) is 15.9. The summed E-state index contributed by atoms with van der Waals surface area (Å²) in [4.78, 5) is 34.1. The number of likely N-dealkylation sites (tertiary alicyclic amines) is 1. The number of aliphatic imine (C=N–C) groups is 1. The number of aromatic hydroxyl groups is 1. The highest BCUT2D eigenvalue weighted by Crippen LogP contribution is 2.20. The molecule has 2 heterocycles. The van der Waals surface area contributed by atoms with Crippen molar-refractivity contribution in [1.29, 1.82) is 0 Å². The Hall–Kier alpha value is -3.45. The molecule has 0 amide bonds. The Morgan fingerprint density at radius 2 is 1.73 bits per heavy atom. The van der Waals surface area contributed by atoms with E-state index >= 15 is 0 Å². The Morgan fingerprint density at radius 3 is 2.36 bits per heavy atom. The summed E-state index contributed by atoms with van der Waals surface area (Å²) < 4.78 is 1.11. The number of rotatable bonds is 6. The van der Waals surface area contributed by atoms with Crippen molar-refractivity contribution < 1.29 is 5.11 Å². The van der Waals surface area contributed by atoms with Crippen LogP contribution in [0.15, 0.2) is 69.2 Å². The Bertz CT molecular complexity index is 1220. The lowest BCUT2D eigenvalue weighted by Crippen LogP contribution is -2.35. The molecule has 0 unspecified atom stereocenters. The molecule has 0 radical (unpaired) electrons. The fourth-order valence-electron chi connectivity index (χ4n) is 4.15. The second-order valence-electron chi connectivity index (χ2n) is 8.85. The average molecular weight is 447 g/mol. The van der Waals surface area contributed by atoms with Crippen LogP contribution in [-0.4, -0.2) is 44.9 Å². The summed E-state index contributed by atoms with van der Waals surface area (Å²) in [5.41, 5.74) is 1.57. The van der Waals surface area contributed by atoms with Gasteiger partial charge in [-0.1, -0.05) is 56.3 Å². The van der Waals surface area contributed by atoms with Crippen LogP contribution in [-0.2, 0) is 6.54 Å². The van der Waals surface area contributed by atoms with Crippen molar-refractivity contribution in [3.05, 3.63) is 92.1 Å². The average Bonchev–Trinajstić information content (AvgIpc) is 2.81. The van der Waals surface area contributed by atoms with E-state index in [1.165, 1.54) is 11.8 Å². The van der Waals surface area contributed by atoms with Crippen molar-refractivity contribution in [1.82, 2.24) is 14.5 Å². The van der Waals surface area contributed by atoms with Gasteiger partial charge in [-0.15, -0.1) is 0 Å². The van der Waals surface area contributed by atoms with Crippen molar-refractivity contribution in [3.8, 4) is 11.6 Å². The van der Waals surface area contributed by atoms with Crippen LogP contribution in [0.4, 0.5) is 0 Å². The van der Waals surface area contributed by atoms with Gasteiger partial charge in [0.15, 0.2) is 0 Å². The third kappa shape index (κ3) is 5.31. The van der Waals surface area contributed by atoms with Gasteiger partial charge in [0.05, 0.1) is 11.7 Å². The standard InChI is InChI=1S/C26H30N4O3/c1-18(2)20-8-10-22(11-9-20)30-25(32)23(24(31)28-26(30)33)16-27-21-12-14-29(15-13-21)17-19-6-4-3-5-7-19/h3-11,16,18,21,32H,12-15,17H2,1-2H3,(H,28,31,33). The minimum Gasteiger partial charge on any atom is -0.493 e. The maximum atomic E-state index is 12.4. The molecule has 7 heteroatoms. The van der Waals surface area contributed by atoms with Gasteiger partial charge in [-0.2, -0.15) is 0 Å². The largest absolute Gasteiger partial charge is 0.493 e. The molecule has 4 rings (SSSR count). The molecule has 0 saturated carbocycles. The summed E-state index contributed by atoms with van der Waals surface area (Å²) in [5, 5.41) is 10.8. The zero-order valence-electron chi connectivity index (χ0n) is 19.1. The summed E-state index contributed by atoms with van der Waals surface area (Å²) in [6.07, 6.45) is 3.15. The predicted octanol–water partition coefficient (Wildman–Crippen LogP) is 3.44. The first-order valence-corrected chi connectivity index (χ1v) is 11.4. The van der Waals surface area contributed by atoms with Crippen LogP contribution in [0.1, 0.15) is 49.3 Å². The van der Waals surface area contributed by atoms with Crippen LogP contribution >= 0.6 is 0 Å². The van der Waals surface area contributed by atoms with Gasteiger partial charge in [0.1, 0.15) is 5.56 Å². The van der Waals surface area contributed by atoms with Crippen molar-refractivity contribution in [3.63, 3.8) is 0 Å². The quantitative estimate of drug-likeness (QED) is 0.568. The molecule has 7 nitrogen and oxygen atoms in total. The molecular weight excluding hydrogens is 416 g/mol. The second kappa shape index (κ2) is 10.0. The second-order valence-corrected chi connectivity index (χ2v) is 8.85. The number of hydrogen-bond donors (Lipinski definition) is 2. The summed E-state index contributed by atoms with van der Waals surface area (Å²) in [6, 6.07) is 17.8. The Kier molecular flexibility index (Phi) is 6.89. The monoisotopic (exact) mass is 446 g/mol. The van der Waals surface area contributed by atoms with E-state index in [0.29, 0.717) is 11.6 Å². The van der Waals surface area contributed by atoms with Crippen LogP contribution in [0.5, 0.6) is 5.88 Å². The van der Waals surface area contributed by atoms with Gasteiger partial charge >= 0.3 is 5.69 Å². The number of piperidine rings is 1. The van der Waals surface area contributed by atoms with Crippen molar-refractivity contribution >= 4 is 6.21 Å². The summed E-state index contributed by atoms with van der Waals surface area (Å²) >= 11 is 0. The predicted molar refractivity (Wildman–Crippen MR) is 131 cm³/mol. The molecule has 2 N–H and O–H groups in total. The number of aromatic nitrogens is 2. The Labute approximate surface area is 193 Å². The van der Waals surface area contributed by atoms with Crippen LogP contribution in [0, 0.1) is 0 Å². The van der Waals surface area contributed by atoms with Crippen LogP contribution < -0.4 is 11.2 Å². The van der Waals surface area contributed by atoms with E-state index in [1.54, 1.807) is 12.1 Å². The van der Waals surface area contributed by atoms with E-state index < -0.39 is 17.1 Å². The summed E-state index contributed by atoms with van der Waals surface area (Å²) in [5.74, 6) is -0.0481. The molecule has 1 fully saturated rings. The molecule has 0 aliphatic carbocycles.